The van der Waals surface area contributed by atoms with E-state index in [0.717, 1.165) is 17.2 Å². The van der Waals surface area contributed by atoms with E-state index in [1.165, 1.54) is 19.2 Å². The second-order valence-electron chi connectivity index (χ2n) is 5.42. The van der Waals surface area contributed by atoms with Gasteiger partial charge in [-0.2, -0.15) is 0 Å². The predicted molar refractivity (Wildman–Crippen MR) is 93.0 cm³/mol. The molecule has 0 aliphatic carbocycles. The summed E-state index contributed by atoms with van der Waals surface area (Å²) in [7, 11) is 1.33. The number of nitro groups is 1. The van der Waals surface area contributed by atoms with Gasteiger partial charge in [0.25, 0.3) is 11.6 Å². The lowest BCUT2D eigenvalue weighted by Gasteiger charge is -2.10. The van der Waals surface area contributed by atoms with Crippen molar-refractivity contribution >= 4 is 17.6 Å². The van der Waals surface area contributed by atoms with Crippen molar-refractivity contribution in [3.8, 4) is 5.75 Å². The van der Waals surface area contributed by atoms with Gasteiger partial charge >= 0.3 is 5.97 Å². The van der Waals surface area contributed by atoms with E-state index in [9.17, 15) is 19.7 Å². The van der Waals surface area contributed by atoms with Crippen LogP contribution in [0.1, 0.15) is 21.5 Å². The summed E-state index contributed by atoms with van der Waals surface area (Å²) in [6, 6.07) is 11.1. The molecule has 0 spiro atoms. The fraction of sp³-hybridized carbons (Fsp3) is 0.222. The number of benzene rings is 2. The number of esters is 1. The molecule has 0 atom stereocenters. The van der Waals surface area contributed by atoms with E-state index >= 15 is 0 Å². The Bertz CT molecular complexity index is 834. The minimum atomic E-state index is -0.878. The van der Waals surface area contributed by atoms with Crippen molar-refractivity contribution in [2.75, 3.05) is 13.7 Å². The van der Waals surface area contributed by atoms with E-state index in [1.54, 1.807) is 0 Å². The molecular weight excluding hydrogens is 340 g/mol. The minimum Gasteiger partial charge on any atom is -0.496 e. The summed E-state index contributed by atoms with van der Waals surface area (Å²) < 4.78 is 9.93. The largest absolute Gasteiger partial charge is 0.496 e. The first-order chi connectivity index (χ1) is 12.4. The molecule has 8 nitrogen and oxygen atoms in total. The standard InChI is InChI=1S/C18H18N2O6/c1-12-5-3-4-6-13(12)10-19-17(21)11-26-18(22)15-9-14(20(23)24)7-8-16(15)25-2/h3-9H,10-11H2,1-2H3,(H,19,21). The SMILES string of the molecule is COc1ccc([N+](=O)[O-])cc1C(=O)OCC(=O)NCc1ccccc1C. The van der Waals surface area contributed by atoms with Gasteiger partial charge in [0.2, 0.25) is 0 Å². The Morgan fingerprint density at radius 1 is 1.19 bits per heavy atom. The van der Waals surface area contributed by atoms with Crippen molar-refractivity contribution in [2.24, 2.45) is 0 Å². The number of carbonyl (C=O) groups is 2. The van der Waals surface area contributed by atoms with Crippen LogP contribution in [0.3, 0.4) is 0 Å². The van der Waals surface area contributed by atoms with Crippen molar-refractivity contribution in [3.05, 3.63) is 69.3 Å². The van der Waals surface area contributed by atoms with Crippen molar-refractivity contribution in [1.82, 2.24) is 5.32 Å². The van der Waals surface area contributed by atoms with Crippen LogP contribution in [0.25, 0.3) is 0 Å². The van der Waals surface area contributed by atoms with Gasteiger partial charge in [0.15, 0.2) is 6.61 Å². The Morgan fingerprint density at radius 3 is 2.58 bits per heavy atom. The highest BCUT2D eigenvalue weighted by molar-refractivity contribution is 5.94. The van der Waals surface area contributed by atoms with Crippen LogP contribution in [-0.2, 0) is 16.1 Å². The first kappa shape index (κ1) is 18.9. The molecule has 0 unspecified atom stereocenters. The molecule has 0 aromatic heterocycles. The number of methoxy groups -OCH3 is 1. The molecule has 1 amide bonds. The molecule has 2 aromatic rings. The smallest absolute Gasteiger partial charge is 0.342 e. The minimum absolute atomic E-state index is 0.117. The summed E-state index contributed by atoms with van der Waals surface area (Å²) in [4.78, 5) is 34.2. The van der Waals surface area contributed by atoms with E-state index in [-0.39, 0.29) is 17.0 Å². The van der Waals surface area contributed by atoms with E-state index in [4.69, 9.17) is 9.47 Å². The summed E-state index contributed by atoms with van der Waals surface area (Å²) in [6.07, 6.45) is 0. The van der Waals surface area contributed by atoms with Gasteiger partial charge in [-0.15, -0.1) is 0 Å². The molecule has 8 heteroatoms. The second kappa shape index (κ2) is 8.61. The van der Waals surface area contributed by atoms with E-state index in [2.05, 4.69) is 5.32 Å². The highest BCUT2D eigenvalue weighted by Crippen LogP contribution is 2.24. The zero-order valence-corrected chi connectivity index (χ0v) is 14.4. The number of non-ortho nitro benzene ring substituents is 1. The maximum atomic E-state index is 12.1. The van der Waals surface area contributed by atoms with Crippen molar-refractivity contribution in [1.29, 1.82) is 0 Å². The summed E-state index contributed by atoms with van der Waals surface area (Å²) >= 11 is 0. The molecule has 0 saturated carbocycles. The maximum Gasteiger partial charge on any atom is 0.342 e. The molecule has 1 N–H and O–H groups in total. The fourth-order valence-electron chi connectivity index (χ4n) is 2.23. The Balaban J connectivity index is 1.95. The first-order valence-electron chi connectivity index (χ1n) is 7.73. The van der Waals surface area contributed by atoms with Crippen molar-refractivity contribution in [2.45, 2.75) is 13.5 Å². The molecule has 0 aliphatic heterocycles. The highest BCUT2D eigenvalue weighted by Gasteiger charge is 2.19. The van der Waals surface area contributed by atoms with E-state index in [1.807, 2.05) is 31.2 Å². The number of amides is 1. The van der Waals surface area contributed by atoms with Gasteiger partial charge in [0.05, 0.1) is 12.0 Å². The number of carbonyl (C=O) groups excluding carboxylic acids is 2. The number of nitrogens with one attached hydrogen (secondary N) is 1. The second-order valence-corrected chi connectivity index (χ2v) is 5.42. The number of aryl methyl sites for hydroxylation is 1. The number of ether oxygens (including phenoxy) is 2. The molecule has 0 bridgehead atoms. The number of nitrogens with zero attached hydrogens (tertiary/aromatic N) is 1. The van der Waals surface area contributed by atoms with Gasteiger partial charge < -0.3 is 14.8 Å². The molecule has 0 saturated heterocycles. The van der Waals surface area contributed by atoms with Crippen molar-refractivity contribution in [3.63, 3.8) is 0 Å². The maximum absolute atomic E-state index is 12.1. The molecule has 2 rings (SSSR count). The predicted octanol–water partition coefficient (Wildman–Crippen LogP) is 2.39. The monoisotopic (exact) mass is 358 g/mol. The Kier molecular flexibility index (Phi) is 6.26. The molecule has 0 aliphatic rings. The number of rotatable bonds is 7. The molecule has 2 aromatic carbocycles. The summed E-state index contributed by atoms with van der Waals surface area (Å²) in [6.45, 7) is 1.73. The normalized spacial score (nSPS) is 10.1. The van der Waals surface area contributed by atoms with Crippen LogP contribution in [0, 0.1) is 17.0 Å². The highest BCUT2D eigenvalue weighted by atomic mass is 16.6. The van der Waals surface area contributed by atoms with Crippen LogP contribution in [-0.4, -0.2) is 30.5 Å². The lowest BCUT2D eigenvalue weighted by Crippen LogP contribution is -2.28. The lowest BCUT2D eigenvalue weighted by atomic mass is 10.1. The van der Waals surface area contributed by atoms with Crippen LogP contribution in [0.5, 0.6) is 5.75 Å². The van der Waals surface area contributed by atoms with Crippen LogP contribution < -0.4 is 10.1 Å². The van der Waals surface area contributed by atoms with Gasteiger partial charge in [0.1, 0.15) is 11.3 Å². The third-order valence-electron chi connectivity index (χ3n) is 3.69. The van der Waals surface area contributed by atoms with Gasteiger partial charge in [-0.05, 0) is 24.1 Å². The zero-order valence-electron chi connectivity index (χ0n) is 14.4. The van der Waals surface area contributed by atoms with Gasteiger partial charge in [-0.1, -0.05) is 24.3 Å². The van der Waals surface area contributed by atoms with E-state index < -0.39 is 23.4 Å². The summed E-state index contributed by atoms with van der Waals surface area (Å²) in [5.74, 6) is -1.23. The topological polar surface area (TPSA) is 108 Å². The fourth-order valence-corrected chi connectivity index (χ4v) is 2.23. The quantitative estimate of drug-likeness (QED) is 0.462. The molecule has 136 valence electrons. The molecule has 0 heterocycles. The Hall–Kier alpha value is -3.42. The first-order valence-corrected chi connectivity index (χ1v) is 7.73. The van der Waals surface area contributed by atoms with Crippen LogP contribution in [0.2, 0.25) is 0 Å². The summed E-state index contributed by atoms with van der Waals surface area (Å²) in [5.41, 5.74) is 1.59. The Labute approximate surface area is 149 Å². The molecule has 0 fully saturated rings. The average Bonchev–Trinajstić information content (AvgIpc) is 2.64. The average molecular weight is 358 g/mol. The van der Waals surface area contributed by atoms with Crippen LogP contribution in [0.15, 0.2) is 42.5 Å². The summed E-state index contributed by atoms with van der Waals surface area (Å²) in [5, 5.41) is 13.5. The van der Waals surface area contributed by atoms with Crippen molar-refractivity contribution < 1.29 is 24.0 Å². The Morgan fingerprint density at radius 2 is 1.92 bits per heavy atom. The number of hydrogen-bond acceptors (Lipinski definition) is 6. The van der Waals surface area contributed by atoms with E-state index in [0.29, 0.717) is 6.54 Å². The number of nitro benzene ring substituents is 1. The zero-order chi connectivity index (χ0) is 19.1. The molecular formula is C18H18N2O6. The third-order valence-corrected chi connectivity index (χ3v) is 3.69. The van der Waals surface area contributed by atoms with Gasteiger partial charge in [-0.25, -0.2) is 4.79 Å². The van der Waals surface area contributed by atoms with Crippen LogP contribution >= 0.6 is 0 Å². The lowest BCUT2D eigenvalue weighted by molar-refractivity contribution is -0.384. The van der Waals surface area contributed by atoms with Gasteiger partial charge in [0, 0.05) is 18.7 Å². The van der Waals surface area contributed by atoms with Crippen LogP contribution in [0.4, 0.5) is 5.69 Å². The van der Waals surface area contributed by atoms with Gasteiger partial charge in [-0.3, -0.25) is 14.9 Å². The molecule has 0 radical (unpaired) electrons. The molecule has 26 heavy (non-hydrogen) atoms. The third kappa shape index (κ3) is 4.79. The number of hydrogen-bond donors (Lipinski definition) is 1.